The van der Waals surface area contributed by atoms with E-state index in [-0.39, 0.29) is 23.6 Å². The van der Waals surface area contributed by atoms with Gasteiger partial charge in [0.15, 0.2) is 5.16 Å². The Morgan fingerprint density at radius 1 is 1.02 bits per heavy atom. The number of anilines is 2. The van der Waals surface area contributed by atoms with Gasteiger partial charge in [-0.25, -0.2) is 9.97 Å². The highest BCUT2D eigenvalue weighted by atomic mass is 35.5. The van der Waals surface area contributed by atoms with Gasteiger partial charge >= 0.3 is 0 Å². The van der Waals surface area contributed by atoms with E-state index in [0.29, 0.717) is 55.5 Å². The fourth-order valence-corrected chi connectivity index (χ4v) is 6.91. The summed E-state index contributed by atoms with van der Waals surface area (Å²) in [5.41, 5.74) is 1.07. The molecule has 9 nitrogen and oxygen atoms in total. The summed E-state index contributed by atoms with van der Waals surface area (Å²) in [6.07, 6.45) is 4.35. The molecule has 0 N–H and O–H groups in total. The highest BCUT2D eigenvalue weighted by Crippen LogP contribution is 2.31. The fourth-order valence-electron chi connectivity index (χ4n) is 5.92. The van der Waals surface area contributed by atoms with Crippen LogP contribution in [0, 0.1) is 5.92 Å². The van der Waals surface area contributed by atoms with E-state index in [4.69, 9.17) is 21.3 Å². The van der Waals surface area contributed by atoms with Crippen molar-refractivity contribution in [1.82, 2.24) is 19.8 Å². The second-order valence-electron chi connectivity index (χ2n) is 10.7. The van der Waals surface area contributed by atoms with Crippen molar-refractivity contribution in [2.45, 2.75) is 50.7 Å². The van der Waals surface area contributed by atoms with E-state index in [1.807, 2.05) is 34.9 Å². The smallest absolute Gasteiger partial charge is 0.233 e. The molecule has 0 bridgehead atoms. The summed E-state index contributed by atoms with van der Waals surface area (Å²) in [4.78, 5) is 43.5. The zero-order chi connectivity index (χ0) is 28.1. The van der Waals surface area contributed by atoms with Gasteiger partial charge in [-0.1, -0.05) is 48.3 Å². The number of amides is 2. The van der Waals surface area contributed by atoms with Crippen molar-refractivity contribution in [3.05, 3.63) is 35.5 Å². The lowest BCUT2D eigenvalue weighted by atomic mass is 10.0. The van der Waals surface area contributed by atoms with Gasteiger partial charge in [-0.05, 0) is 38.8 Å². The molecule has 2 amide bonds. The van der Waals surface area contributed by atoms with Crippen LogP contribution in [0.15, 0.2) is 35.5 Å². The van der Waals surface area contributed by atoms with E-state index < -0.39 is 0 Å². The van der Waals surface area contributed by atoms with Crippen molar-refractivity contribution in [2.24, 2.45) is 5.92 Å². The Balaban J connectivity index is 1.13. The van der Waals surface area contributed by atoms with Crippen molar-refractivity contribution < 1.29 is 14.3 Å². The van der Waals surface area contributed by atoms with Gasteiger partial charge in [-0.3, -0.25) is 9.59 Å². The van der Waals surface area contributed by atoms with Crippen molar-refractivity contribution in [3.8, 4) is 5.75 Å². The number of halogens is 1. The molecule has 3 heterocycles. The summed E-state index contributed by atoms with van der Waals surface area (Å²) in [5.74, 6) is 2.45. The van der Waals surface area contributed by atoms with Crippen LogP contribution in [-0.4, -0.2) is 95.8 Å². The first-order chi connectivity index (χ1) is 19.4. The first kappa shape index (κ1) is 28.8. The second kappa shape index (κ2) is 13.3. The minimum Gasteiger partial charge on any atom is -0.492 e. The van der Waals surface area contributed by atoms with Gasteiger partial charge in [0.1, 0.15) is 16.7 Å². The number of thioether (sulfide) groups is 1. The molecule has 0 radical (unpaired) electrons. The first-order valence-electron chi connectivity index (χ1n) is 14.4. The fraction of sp³-hybridized carbons (Fsp3) is 0.586. The third-order valence-corrected chi connectivity index (χ3v) is 9.09. The molecule has 1 aromatic carbocycles. The Morgan fingerprint density at radius 2 is 1.75 bits per heavy atom. The van der Waals surface area contributed by atoms with Crippen LogP contribution >= 0.6 is 23.4 Å². The topological polar surface area (TPSA) is 82.1 Å². The van der Waals surface area contributed by atoms with Crippen LogP contribution in [-0.2, 0) is 9.59 Å². The van der Waals surface area contributed by atoms with E-state index in [0.717, 1.165) is 56.0 Å². The molecule has 2 aromatic rings. The summed E-state index contributed by atoms with van der Waals surface area (Å²) < 4.78 is 5.79. The van der Waals surface area contributed by atoms with Gasteiger partial charge in [-0.15, -0.1) is 0 Å². The SMILES string of the molecule is CCOc1ccccc1N1CCN(C(=O)CSc2nc(Cl)cc(N3CCN(C(=O)C4CCCC4)C(C)C3)n2)CC1. The lowest BCUT2D eigenvalue weighted by Gasteiger charge is -2.41. The predicted octanol–water partition coefficient (Wildman–Crippen LogP) is 4.20. The molecule has 5 rings (SSSR count). The lowest BCUT2D eigenvalue weighted by Crippen LogP contribution is -2.55. The number of hydrogen-bond acceptors (Lipinski definition) is 8. The summed E-state index contributed by atoms with van der Waals surface area (Å²) in [7, 11) is 0. The Bertz CT molecular complexity index is 1190. The molecule has 11 heteroatoms. The van der Waals surface area contributed by atoms with Crippen molar-refractivity contribution in [2.75, 3.05) is 68.0 Å². The Hall–Kier alpha value is -2.72. The maximum Gasteiger partial charge on any atom is 0.233 e. The summed E-state index contributed by atoms with van der Waals surface area (Å²) >= 11 is 7.70. The molecule has 3 aliphatic rings. The van der Waals surface area contributed by atoms with E-state index in [1.54, 1.807) is 6.07 Å². The molecule has 2 saturated heterocycles. The minimum absolute atomic E-state index is 0.0699. The molecule has 1 aliphatic carbocycles. The van der Waals surface area contributed by atoms with Gasteiger partial charge in [0.25, 0.3) is 0 Å². The number of rotatable bonds is 8. The van der Waals surface area contributed by atoms with E-state index in [2.05, 4.69) is 27.8 Å². The number of hydrogen-bond donors (Lipinski definition) is 0. The molecule has 3 fully saturated rings. The van der Waals surface area contributed by atoms with Crippen LogP contribution in [0.1, 0.15) is 39.5 Å². The molecule has 1 aromatic heterocycles. The number of nitrogens with zero attached hydrogens (tertiary/aromatic N) is 6. The monoisotopic (exact) mass is 586 g/mol. The van der Waals surface area contributed by atoms with Crippen LogP contribution in [0.4, 0.5) is 11.5 Å². The normalized spacial score (nSPS) is 20.2. The van der Waals surface area contributed by atoms with Crippen LogP contribution in [0.2, 0.25) is 5.15 Å². The number of aromatic nitrogens is 2. The number of carbonyl (C=O) groups excluding carboxylic acids is 2. The van der Waals surface area contributed by atoms with E-state index in [9.17, 15) is 9.59 Å². The predicted molar refractivity (Wildman–Crippen MR) is 160 cm³/mol. The minimum atomic E-state index is 0.0699. The maximum absolute atomic E-state index is 13.0. The number of para-hydroxylation sites is 2. The highest BCUT2D eigenvalue weighted by molar-refractivity contribution is 7.99. The summed E-state index contributed by atoms with van der Waals surface area (Å²) in [5, 5.41) is 0.857. The molecule has 2 aliphatic heterocycles. The van der Waals surface area contributed by atoms with Crippen molar-refractivity contribution in [1.29, 1.82) is 0 Å². The average molecular weight is 587 g/mol. The number of ether oxygens (including phenoxy) is 1. The molecule has 1 saturated carbocycles. The van der Waals surface area contributed by atoms with Crippen molar-refractivity contribution >= 4 is 46.7 Å². The largest absolute Gasteiger partial charge is 0.492 e. The molecule has 1 unspecified atom stereocenters. The van der Waals surface area contributed by atoms with Crippen LogP contribution < -0.4 is 14.5 Å². The number of carbonyl (C=O) groups is 2. The quantitative estimate of drug-likeness (QED) is 0.259. The van der Waals surface area contributed by atoms with Gasteiger partial charge < -0.3 is 24.3 Å². The van der Waals surface area contributed by atoms with Gasteiger partial charge in [-0.2, -0.15) is 0 Å². The van der Waals surface area contributed by atoms with Crippen molar-refractivity contribution in [3.63, 3.8) is 0 Å². The number of piperazine rings is 2. The molecule has 40 heavy (non-hydrogen) atoms. The van der Waals surface area contributed by atoms with Gasteiger partial charge in [0, 0.05) is 63.8 Å². The lowest BCUT2D eigenvalue weighted by molar-refractivity contribution is -0.137. The Morgan fingerprint density at radius 3 is 2.48 bits per heavy atom. The van der Waals surface area contributed by atoms with E-state index in [1.165, 1.54) is 11.8 Å². The van der Waals surface area contributed by atoms with E-state index >= 15 is 0 Å². The first-order valence-corrected chi connectivity index (χ1v) is 15.8. The molecular weight excluding hydrogens is 548 g/mol. The van der Waals surface area contributed by atoms with Crippen LogP contribution in [0.3, 0.4) is 0 Å². The summed E-state index contributed by atoms with van der Waals surface area (Å²) in [6.45, 7) is 9.62. The average Bonchev–Trinajstić information content (AvgIpc) is 3.51. The zero-order valence-corrected chi connectivity index (χ0v) is 25.0. The van der Waals surface area contributed by atoms with Crippen LogP contribution in [0.5, 0.6) is 5.75 Å². The number of benzene rings is 1. The second-order valence-corrected chi connectivity index (χ2v) is 12.0. The third kappa shape index (κ3) is 6.77. The maximum atomic E-state index is 13.0. The zero-order valence-electron chi connectivity index (χ0n) is 23.4. The Labute approximate surface area is 246 Å². The molecule has 0 spiro atoms. The van der Waals surface area contributed by atoms with Gasteiger partial charge in [0.05, 0.1) is 18.0 Å². The summed E-state index contributed by atoms with van der Waals surface area (Å²) in [6, 6.07) is 9.93. The third-order valence-electron chi connectivity index (χ3n) is 8.06. The van der Waals surface area contributed by atoms with Gasteiger partial charge in [0.2, 0.25) is 11.8 Å². The Kier molecular flexibility index (Phi) is 9.57. The molecular formula is C29H39ClN6O3S. The van der Waals surface area contributed by atoms with Crippen LogP contribution in [0.25, 0.3) is 0 Å². The standard InChI is InChI=1S/C29H39ClN6O3S/c1-3-39-24-11-7-6-10-23(24)33-12-14-34(15-13-33)27(37)20-40-29-31-25(30)18-26(32-29)35-16-17-36(21(2)19-35)28(38)22-8-4-5-9-22/h6-7,10-11,18,21-22H,3-5,8-9,12-17,19-20H2,1-2H3. The highest BCUT2D eigenvalue weighted by Gasteiger charge is 2.33. The molecule has 216 valence electrons. The molecule has 1 atom stereocenters.